The molecule has 0 radical (unpaired) electrons. The SMILES string of the molecule is CSCC(C)N(C)C(C)(CN)CCCC(F)(F)F. The average molecular weight is 286 g/mol. The van der Waals surface area contributed by atoms with Crippen molar-refractivity contribution < 1.29 is 13.2 Å². The second kappa shape index (κ2) is 7.60. The Balaban J connectivity index is 4.40. The summed E-state index contributed by atoms with van der Waals surface area (Å²) in [7, 11) is 1.95. The Hall–Kier alpha value is 0.0600. The standard InChI is InChI=1S/C12H25F3N2S/c1-10(8-18-4)17(3)11(2,9-16)6-5-7-12(13,14)15/h10H,5-9,16H2,1-4H3. The first kappa shape index (κ1) is 18.1. The summed E-state index contributed by atoms with van der Waals surface area (Å²) < 4.78 is 36.5. The molecule has 110 valence electrons. The molecule has 0 saturated heterocycles. The minimum absolute atomic E-state index is 0.132. The fourth-order valence-electron chi connectivity index (χ4n) is 1.98. The largest absolute Gasteiger partial charge is 0.389 e. The predicted octanol–water partition coefficient (Wildman–Crippen LogP) is 3.12. The number of likely N-dealkylation sites (N-methyl/N-ethyl adjacent to an activating group) is 1. The molecule has 0 heterocycles. The zero-order chi connectivity index (χ0) is 14.4. The summed E-state index contributed by atoms with van der Waals surface area (Å²) in [6.07, 6.45) is -2.17. The molecule has 0 saturated carbocycles. The van der Waals surface area contributed by atoms with E-state index in [1.54, 1.807) is 11.8 Å². The van der Waals surface area contributed by atoms with Crippen molar-refractivity contribution in [2.75, 3.05) is 25.6 Å². The van der Waals surface area contributed by atoms with Crippen molar-refractivity contribution in [1.82, 2.24) is 4.90 Å². The third kappa shape index (κ3) is 6.29. The third-order valence-electron chi connectivity index (χ3n) is 3.54. The van der Waals surface area contributed by atoms with Gasteiger partial charge in [0.15, 0.2) is 0 Å². The second-order valence-corrected chi connectivity index (χ2v) is 6.00. The maximum atomic E-state index is 12.2. The van der Waals surface area contributed by atoms with Crippen molar-refractivity contribution in [2.45, 2.75) is 50.9 Å². The zero-order valence-electron chi connectivity index (χ0n) is 11.7. The number of hydrogen-bond donors (Lipinski definition) is 1. The molecule has 0 fully saturated rings. The average Bonchev–Trinajstić information content (AvgIpc) is 2.26. The predicted molar refractivity (Wildman–Crippen MR) is 73.0 cm³/mol. The van der Waals surface area contributed by atoms with Crippen molar-refractivity contribution in [3.8, 4) is 0 Å². The highest BCUT2D eigenvalue weighted by Gasteiger charge is 2.33. The van der Waals surface area contributed by atoms with Crippen LogP contribution in [0.1, 0.15) is 33.1 Å². The number of nitrogens with two attached hydrogens (primary N) is 1. The van der Waals surface area contributed by atoms with Crippen LogP contribution in [0.15, 0.2) is 0 Å². The summed E-state index contributed by atoms with van der Waals surface area (Å²) in [6.45, 7) is 4.40. The molecule has 0 aliphatic heterocycles. The minimum Gasteiger partial charge on any atom is -0.329 e. The number of nitrogens with zero attached hydrogens (tertiary/aromatic N) is 1. The van der Waals surface area contributed by atoms with E-state index < -0.39 is 12.6 Å². The number of thioether (sulfide) groups is 1. The fourth-order valence-corrected chi connectivity index (χ4v) is 2.68. The molecule has 6 heteroatoms. The molecule has 0 aromatic rings. The van der Waals surface area contributed by atoms with E-state index in [2.05, 4.69) is 11.8 Å². The molecule has 0 aliphatic rings. The molecule has 0 rings (SSSR count). The molecule has 2 atom stereocenters. The smallest absolute Gasteiger partial charge is 0.329 e. The Bertz CT molecular complexity index is 236. The van der Waals surface area contributed by atoms with Gasteiger partial charge in [-0.25, -0.2) is 0 Å². The van der Waals surface area contributed by atoms with E-state index in [1.165, 1.54) is 0 Å². The first-order valence-electron chi connectivity index (χ1n) is 6.15. The van der Waals surface area contributed by atoms with Crippen LogP contribution in [0.25, 0.3) is 0 Å². The molecule has 0 bridgehead atoms. The first-order chi connectivity index (χ1) is 8.16. The summed E-state index contributed by atoms with van der Waals surface area (Å²) in [6, 6.07) is 0.305. The molecule has 0 aromatic carbocycles. The van der Waals surface area contributed by atoms with Crippen LogP contribution in [-0.2, 0) is 0 Å². The lowest BCUT2D eigenvalue weighted by Gasteiger charge is -2.42. The summed E-state index contributed by atoms with van der Waals surface area (Å²) in [5.41, 5.74) is 5.40. The van der Waals surface area contributed by atoms with E-state index in [1.807, 2.05) is 20.2 Å². The Morgan fingerprint density at radius 3 is 2.22 bits per heavy atom. The Labute approximate surface area is 112 Å². The van der Waals surface area contributed by atoms with Crippen LogP contribution < -0.4 is 5.73 Å². The van der Waals surface area contributed by atoms with E-state index in [0.29, 0.717) is 19.0 Å². The van der Waals surface area contributed by atoms with Crippen LogP contribution >= 0.6 is 11.8 Å². The molecule has 0 spiro atoms. The lowest BCUT2D eigenvalue weighted by molar-refractivity contribution is -0.136. The quantitative estimate of drug-likeness (QED) is 0.743. The fraction of sp³-hybridized carbons (Fsp3) is 1.00. The molecular weight excluding hydrogens is 261 g/mol. The highest BCUT2D eigenvalue weighted by molar-refractivity contribution is 7.98. The van der Waals surface area contributed by atoms with Crippen LogP contribution in [0.2, 0.25) is 0 Å². The van der Waals surface area contributed by atoms with E-state index >= 15 is 0 Å². The molecule has 0 amide bonds. The summed E-state index contributed by atoms with van der Waals surface area (Å²) in [5, 5.41) is 0. The van der Waals surface area contributed by atoms with Gasteiger partial charge in [-0.2, -0.15) is 24.9 Å². The van der Waals surface area contributed by atoms with Crippen LogP contribution in [0.5, 0.6) is 0 Å². The van der Waals surface area contributed by atoms with Crippen molar-refractivity contribution in [3.63, 3.8) is 0 Å². The number of alkyl halides is 3. The van der Waals surface area contributed by atoms with Gasteiger partial charge in [0.25, 0.3) is 0 Å². The molecule has 18 heavy (non-hydrogen) atoms. The Morgan fingerprint density at radius 2 is 1.83 bits per heavy atom. The van der Waals surface area contributed by atoms with Gasteiger partial charge in [0, 0.05) is 30.3 Å². The van der Waals surface area contributed by atoms with Crippen LogP contribution in [-0.4, -0.2) is 48.3 Å². The lowest BCUT2D eigenvalue weighted by Crippen LogP contribution is -2.53. The van der Waals surface area contributed by atoms with Crippen molar-refractivity contribution in [2.24, 2.45) is 5.73 Å². The molecule has 2 N–H and O–H groups in total. The van der Waals surface area contributed by atoms with E-state index in [0.717, 1.165) is 5.75 Å². The van der Waals surface area contributed by atoms with Crippen molar-refractivity contribution in [1.29, 1.82) is 0 Å². The first-order valence-corrected chi connectivity index (χ1v) is 7.54. The Kier molecular flexibility index (Phi) is 7.63. The lowest BCUT2D eigenvalue weighted by atomic mass is 9.92. The molecule has 0 aliphatic carbocycles. The molecule has 2 nitrogen and oxygen atoms in total. The number of halogens is 3. The van der Waals surface area contributed by atoms with Gasteiger partial charge in [-0.05, 0) is 40.0 Å². The molecule has 2 unspecified atom stereocenters. The van der Waals surface area contributed by atoms with Gasteiger partial charge in [0.2, 0.25) is 0 Å². The maximum absolute atomic E-state index is 12.2. The normalized spacial score (nSPS) is 17.8. The van der Waals surface area contributed by atoms with E-state index in [-0.39, 0.29) is 12.0 Å². The monoisotopic (exact) mass is 286 g/mol. The van der Waals surface area contributed by atoms with Crippen molar-refractivity contribution in [3.05, 3.63) is 0 Å². The van der Waals surface area contributed by atoms with Crippen LogP contribution in [0.3, 0.4) is 0 Å². The molecular formula is C12H25F3N2S. The second-order valence-electron chi connectivity index (χ2n) is 5.09. The van der Waals surface area contributed by atoms with Gasteiger partial charge in [0.05, 0.1) is 0 Å². The topological polar surface area (TPSA) is 29.3 Å². The van der Waals surface area contributed by atoms with Gasteiger partial charge in [-0.15, -0.1) is 0 Å². The van der Waals surface area contributed by atoms with Crippen molar-refractivity contribution >= 4 is 11.8 Å². The zero-order valence-corrected chi connectivity index (χ0v) is 12.5. The van der Waals surface area contributed by atoms with E-state index in [9.17, 15) is 13.2 Å². The van der Waals surface area contributed by atoms with Crippen LogP contribution in [0, 0.1) is 0 Å². The highest BCUT2D eigenvalue weighted by Crippen LogP contribution is 2.28. The van der Waals surface area contributed by atoms with Gasteiger partial charge in [-0.3, -0.25) is 4.90 Å². The summed E-state index contributed by atoms with van der Waals surface area (Å²) >= 11 is 1.73. The minimum atomic E-state index is -4.07. The molecule has 0 aromatic heterocycles. The summed E-state index contributed by atoms with van der Waals surface area (Å²) in [4.78, 5) is 2.11. The summed E-state index contributed by atoms with van der Waals surface area (Å²) in [5.74, 6) is 0.950. The van der Waals surface area contributed by atoms with Crippen LogP contribution in [0.4, 0.5) is 13.2 Å². The maximum Gasteiger partial charge on any atom is 0.389 e. The van der Waals surface area contributed by atoms with E-state index in [4.69, 9.17) is 5.73 Å². The third-order valence-corrected chi connectivity index (χ3v) is 4.35. The Morgan fingerprint density at radius 1 is 1.28 bits per heavy atom. The van der Waals surface area contributed by atoms with Gasteiger partial charge in [-0.1, -0.05) is 0 Å². The van der Waals surface area contributed by atoms with Gasteiger partial charge in [0.1, 0.15) is 0 Å². The van der Waals surface area contributed by atoms with Gasteiger partial charge < -0.3 is 5.73 Å². The van der Waals surface area contributed by atoms with Gasteiger partial charge >= 0.3 is 6.18 Å². The number of hydrogen-bond acceptors (Lipinski definition) is 3. The highest BCUT2D eigenvalue weighted by atomic mass is 32.2. The number of rotatable bonds is 8.